The SMILES string of the molecule is COCCn1cc(N2CC(C(=O)Nc3ccc4oc(-c5cccc6c(Br)cccc56)nc4c3)CC2=O)cn1. The lowest BCUT2D eigenvalue weighted by Crippen LogP contribution is -2.27. The molecule has 0 bridgehead atoms. The average molecular weight is 574 g/mol. The Labute approximate surface area is 226 Å². The fourth-order valence-corrected chi connectivity index (χ4v) is 5.25. The van der Waals surface area contributed by atoms with Gasteiger partial charge in [-0.1, -0.05) is 40.2 Å². The number of carbonyl (C=O) groups is 2. The Hall–Kier alpha value is -4.02. The molecule has 1 aliphatic rings. The van der Waals surface area contributed by atoms with E-state index >= 15 is 0 Å². The van der Waals surface area contributed by atoms with Gasteiger partial charge in [-0.25, -0.2) is 4.98 Å². The van der Waals surface area contributed by atoms with Crippen LogP contribution in [0.1, 0.15) is 6.42 Å². The van der Waals surface area contributed by atoms with Gasteiger partial charge in [0.2, 0.25) is 17.7 Å². The zero-order valence-corrected chi connectivity index (χ0v) is 22.1. The fourth-order valence-electron chi connectivity index (χ4n) is 4.75. The number of fused-ring (bicyclic) bond motifs is 2. The normalized spacial score (nSPS) is 15.6. The molecule has 6 rings (SSSR count). The second kappa shape index (κ2) is 10.0. The zero-order chi connectivity index (χ0) is 26.2. The van der Waals surface area contributed by atoms with Crippen LogP contribution in [0.15, 0.2) is 75.9 Å². The monoisotopic (exact) mass is 573 g/mol. The van der Waals surface area contributed by atoms with E-state index < -0.39 is 5.92 Å². The highest BCUT2D eigenvalue weighted by Crippen LogP contribution is 2.34. The van der Waals surface area contributed by atoms with Crippen LogP contribution in [-0.4, -0.2) is 46.8 Å². The summed E-state index contributed by atoms with van der Waals surface area (Å²) in [6.45, 7) is 1.41. The Morgan fingerprint density at radius 2 is 2.03 bits per heavy atom. The van der Waals surface area contributed by atoms with E-state index in [0.29, 0.717) is 48.1 Å². The smallest absolute Gasteiger partial charge is 0.229 e. The average Bonchev–Trinajstić information content (AvgIpc) is 3.65. The first-order valence-electron chi connectivity index (χ1n) is 12.2. The van der Waals surface area contributed by atoms with Gasteiger partial charge in [0.05, 0.1) is 31.0 Å². The van der Waals surface area contributed by atoms with Crippen molar-refractivity contribution in [3.8, 4) is 11.5 Å². The van der Waals surface area contributed by atoms with Gasteiger partial charge in [-0.2, -0.15) is 5.10 Å². The first kappa shape index (κ1) is 24.3. The van der Waals surface area contributed by atoms with Crippen LogP contribution in [0.2, 0.25) is 0 Å². The van der Waals surface area contributed by atoms with E-state index in [0.717, 1.165) is 20.8 Å². The number of hydrogen-bond acceptors (Lipinski definition) is 6. The van der Waals surface area contributed by atoms with Gasteiger partial charge < -0.3 is 19.4 Å². The maximum Gasteiger partial charge on any atom is 0.229 e. The molecule has 38 heavy (non-hydrogen) atoms. The van der Waals surface area contributed by atoms with Gasteiger partial charge in [0.15, 0.2) is 5.58 Å². The molecule has 2 amide bonds. The molecule has 1 unspecified atom stereocenters. The molecule has 1 N–H and O–H groups in total. The van der Waals surface area contributed by atoms with Crippen LogP contribution in [0.25, 0.3) is 33.3 Å². The number of rotatable bonds is 7. The summed E-state index contributed by atoms with van der Waals surface area (Å²) in [6, 6.07) is 17.4. The Morgan fingerprint density at radius 1 is 1.18 bits per heavy atom. The Kier molecular flexibility index (Phi) is 6.42. The first-order valence-corrected chi connectivity index (χ1v) is 13.0. The number of nitrogens with zero attached hydrogens (tertiary/aromatic N) is 4. The highest BCUT2D eigenvalue weighted by molar-refractivity contribution is 9.10. The maximum absolute atomic E-state index is 13.0. The van der Waals surface area contributed by atoms with Crippen molar-refractivity contribution in [3.05, 3.63) is 71.5 Å². The summed E-state index contributed by atoms with van der Waals surface area (Å²) in [4.78, 5) is 32.0. The zero-order valence-electron chi connectivity index (χ0n) is 20.6. The van der Waals surface area contributed by atoms with E-state index in [2.05, 4.69) is 26.3 Å². The van der Waals surface area contributed by atoms with Crippen molar-refractivity contribution in [2.75, 3.05) is 30.5 Å². The summed E-state index contributed by atoms with van der Waals surface area (Å²) in [5.74, 6) is -0.276. The van der Waals surface area contributed by atoms with Crippen LogP contribution in [0.4, 0.5) is 11.4 Å². The predicted molar refractivity (Wildman–Crippen MR) is 148 cm³/mol. The van der Waals surface area contributed by atoms with E-state index in [-0.39, 0.29) is 18.2 Å². The fraction of sp³-hybridized carbons (Fsp3) is 0.214. The number of oxazole rings is 1. The Morgan fingerprint density at radius 3 is 2.89 bits per heavy atom. The molecule has 10 heteroatoms. The lowest BCUT2D eigenvalue weighted by molar-refractivity contribution is -0.122. The summed E-state index contributed by atoms with van der Waals surface area (Å²) in [6.07, 6.45) is 3.57. The molecular weight excluding hydrogens is 550 g/mol. The standard InChI is InChI=1S/C28H24BrN5O4/c1-37-11-10-33-16-19(14-30-33)34-15-17(12-26(34)35)27(36)31-18-8-9-25-24(13-18)32-28(38-25)22-6-2-5-21-20(22)4-3-7-23(21)29/h2-9,13-14,16-17H,10-12,15H2,1H3,(H,31,36). The highest BCUT2D eigenvalue weighted by Gasteiger charge is 2.35. The minimum absolute atomic E-state index is 0.102. The second-order valence-corrected chi connectivity index (χ2v) is 10.0. The quantitative estimate of drug-likeness (QED) is 0.285. The van der Waals surface area contributed by atoms with Crippen molar-refractivity contribution in [1.82, 2.24) is 14.8 Å². The van der Waals surface area contributed by atoms with Crippen molar-refractivity contribution >= 4 is 61.0 Å². The number of aromatic nitrogens is 3. The molecular formula is C28H24BrN5O4. The molecule has 1 saturated heterocycles. The summed E-state index contributed by atoms with van der Waals surface area (Å²) in [7, 11) is 1.63. The number of carbonyl (C=O) groups excluding carboxylic acids is 2. The van der Waals surface area contributed by atoms with E-state index in [1.807, 2.05) is 36.4 Å². The Balaban J connectivity index is 1.18. The lowest BCUT2D eigenvalue weighted by atomic mass is 10.0. The summed E-state index contributed by atoms with van der Waals surface area (Å²) >= 11 is 3.61. The van der Waals surface area contributed by atoms with Crippen molar-refractivity contribution < 1.29 is 18.7 Å². The number of hydrogen-bond donors (Lipinski definition) is 1. The molecule has 1 aliphatic heterocycles. The lowest BCUT2D eigenvalue weighted by Gasteiger charge is -2.14. The third-order valence-corrected chi connectivity index (χ3v) is 7.40. The minimum Gasteiger partial charge on any atom is -0.436 e. The largest absolute Gasteiger partial charge is 0.436 e. The molecule has 0 saturated carbocycles. The number of amides is 2. The van der Waals surface area contributed by atoms with Crippen LogP contribution in [-0.2, 0) is 20.9 Å². The molecule has 3 heterocycles. The number of methoxy groups -OCH3 is 1. The number of nitrogens with one attached hydrogen (secondary N) is 1. The van der Waals surface area contributed by atoms with Gasteiger partial charge >= 0.3 is 0 Å². The molecule has 5 aromatic rings. The van der Waals surface area contributed by atoms with E-state index in [1.165, 1.54) is 0 Å². The summed E-state index contributed by atoms with van der Waals surface area (Å²) < 4.78 is 13.9. The molecule has 0 radical (unpaired) electrons. The van der Waals surface area contributed by atoms with Crippen molar-refractivity contribution in [2.45, 2.75) is 13.0 Å². The highest BCUT2D eigenvalue weighted by atomic mass is 79.9. The number of benzene rings is 3. The molecule has 1 atom stereocenters. The van der Waals surface area contributed by atoms with E-state index in [9.17, 15) is 9.59 Å². The predicted octanol–water partition coefficient (Wildman–Crippen LogP) is 5.25. The minimum atomic E-state index is -0.470. The van der Waals surface area contributed by atoms with Gasteiger partial charge in [0.25, 0.3) is 0 Å². The first-order chi connectivity index (χ1) is 18.5. The maximum atomic E-state index is 13.0. The topological polar surface area (TPSA) is 102 Å². The molecule has 9 nitrogen and oxygen atoms in total. The van der Waals surface area contributed by atoms with Crippen LogP contribution in [0.3, 0.4) is 0 Å². The Bertz CT molecular complexity index is 1680. The molecule has 192 valence electrons. The van der Waals surface area contributed by atoms with Crippen molar-refractivity contribution in [2.24, 2.45) is 5.92 Å². The van der Waals surface area contributed by atoms with Gasteiger partial charge in [0.1, 0.15) is 5.52 Å². The van der Waals surface area contributed by atoms with Crippen LogP contribution >= 0.6 is 15.9 Å². The van der Waals surface area contributed by atoms with Gasteiger partial charge in [-0.05, 0) is 41.1 Å². The molecule has 1 fully saturated rings. The van der Waals surface area contributed by atoms with Gasteiger partial charge in [-0.15, -0.1) is 0 Å². The number of halogens is 1. The third-order valence-electron chi connectivity index (χ3n) is 6.71. The molecule has 2 aromatic heterocycles. The van der Waals surface area contributed by atoms with Crippen molar-refractivity contribution in [3.63, 3.8) is 0 Å². The van der Waals surface area contributed by atoms with Crippen molar-refractivity contribution in [1.29, 1.82) is 0 Å². The van der Waals surface area contributed by atoms with Crippen LogP contribution in [0, 0.1) is 5.92 Å². The van der Waals surface area contributed by atoms with Gasteiger partial charge in [-0.3, -0.25) is 14.3 Å². The second-order valence-electron chi connectivity index (χ2n) is 9.19. The van der Waals surface area contributed by atoms with E-state index in [4.69, 9.17) is 14.1 Å². The van der Waals surface area contributed by atoms with Gasteiger partial charge in [0, 0.05) is 42.0 Å². The number of anilines is 2. The third kappa shape index (κ3) is 4.57. The van der Waals surface area contributed by atoms with Crippen LogP contribution in [0.5, 0.6) is 0 Å². The van der Waals surface area contributed by atoms with Crippen LogP contribution < -0.4 is 10.2 Å². The molecule has 0 spiro atoms. The number of ether oxygens (including phenoxy) is 1. The van der Waals surface area contributed by atoms with E-state index in [1.54, 1.807) is 47.3 Å². The summed E-state index contributed by atoms with van der Waals surface area (Å²) in [5, 5.41) is 9.31. The summed E-state index contributed by atoms with van der Waals surface area (Å²) in [5.41, 5.74) is 3.43. The molecule has 0 aliphatic carbocycles. The molecule has 3 aromatic carbocycles.